The highest BCUT2D eigenvalue weighted by atomic mass is 19.4. The van der Waals surface area contributed by atoms with Crippen molar-refractivity contribution in [2.75, 3.05) is 17.7 Å². The summed E-state index contributed by atoms with van der Waals surface area (Å²) in [6, 6.07) is 0. The van der Waals surface area contributed by atoms with E-state index in [9.17, 15) is 18.0 Å². The van der Waals surface area contributed by atoms with Crippen LogP contribution in [0.25, 0.3) is 5.70 Å². The average Bonchev–Trinajstić information content (AvgIpc) is 3.79. The number of hydrogen-bond donors (Lipinski definition) is 3. The molecule has 0 atom stereocenters. The Morgan fingerprint density at radius 3 is 2.53 bits per heavy atom. The maximum absolute atomic E-state index is 12.8. The third-order valence-corrected chi connectivity index (χ3v) is 5.85. The molecular weight excluding hydrogens is 475 g/mol. The lowest BCUT2D eigenvalue weighted by atomic mass is 10.2. The monoisotopic (exact) mass is 499 g/mol. The van der Waals surface area contributed by atoms with E-state index in [0.29, 0.717) is 34.5 Å². The van der Waals surface area contributed by atoms with E-state index in [0.717, 1.165) is 41.6 Å². The molecule has 3 aromatic heterocycles. The molecule has 1 amide bonds. The van der Waals surface area contributed by atoms with Gasteiger partial charge in [-0.2, -0.15) is 18.3 Å². The van der Waals surface area contributed by atoms with Crippen LogP contribution in [0.15, 0.2) is 36.7 Å². The first-order chi connectivity index (χ1) is 17.3. The molecule has 36 heavy (non-hydrogen) atoms. The highest BCUT2D eigenvalue weighted by Crippen LogP contribution is 2.42. The molecule has 2 aliphatic carbocycles. The Morgan fingerprint density at radius 1 is 1.14 bits per heavy atom. The van der Waals surface area contributed by atoms with Gasteiger partial charge in [-0.3, -0.25) is 9.48 Å². The summed E-state index contributed by atoms with van der Waals surface area (Å²) in [5.41, 5.74) is 4.07. The molecule has 0 saturated heterocycles. The number of carbonyl (C=O) groups excluding carboxylic acids is 1. The van der Waals surface area contributed by atoms with E-state index < -0.39 is 25.0 Å². The number of hydrogen-bond acceptors (Lipinski definition) is 8. The minimum Gasteiger partial charge on any atom is -0.354 e. The average molecular weight is 500 g/mol. The molecule has 10 nitrogen and oxygen atoms in total. The molecule has 2 fully saturated rings. The lowest BCUT2D eigenvalue weighted by molar-refractivity contribution is -0.137. The third-order valence-electron chi connectivity index (χ3n) is 5.85. The highest BCUT2D eigenvalue weighted by molar-refractivity contribution is 6.00. The van der Waals surface area contributed by atoms with Crippen molar-refractivity contribution < 1.29 is 18.0 Å². The summed E-state index contributed by atoms with van der Waals surface area (Å²) in [6.45, 7) is -0.475. The molecule has 0 unspecified atom stereocenters. The van der Waals surface area contributed by atoms with Crippen LogP contribution < -0.4 is 16.0 Å². The number of carbonyl (C=O) groups is 1. The zero-order valence-electron chi connectivity index (χ0n) is 19.4. The second kappa shape index (κ2) is 9.55. The number of aryl methyl sites for hydroxylation is 1. The van der Waals surface area contributed by atoms with Gasteiger partial charge in [-0.15, -0.1) is 0 Å². The van der Waals surface area contributed by atoms with Crippen LogP contribution >= 0.6 is 0 Å². The van der Waals surface area contributed by atoms with E-state index in [1.807, 2.05) is 0 Å². The van der Waals surface area contributed by atoms with Crippen molar-refractivity contribution >= 4 is 28.8 Å². The fraction of sp³-hybridized carbons (Fsp3) is 0.391. The van der Waals surface area contributed by atoms with Crippen LogP contribution in [0.2, 0.25) is 0 Å². The largest absolute Gasteiger partial charge is 0.390 e. The van der Waals surface area contributed by atoms with Gasteiger partial charge in [-0.05, 0) is 31.3 Å². The first-order valence-corrected chi connectivity index (χ1v) is 11.6. The van der Waals surface area contributed by atoms with Gasteiger partial charge in [0.1, 0.15) is 17.7 Å². The zero-order valence-corrected chi connectivity index (χ0v) is 19.4. The number of amides is 1. The van der Waals surface area contributed by atoms with Gasteiger partial charge in [-0.1, -0.05) is 0 Å². The van der Waals surface area contributed by atoms with Crippen molar-refractivity contribution in [1.29, 1.82) is 0 Å². The normalized spacial score (nSPS) is 14.9. The molecule has 0 spiro atoms. The van der Waals surface area contributed by atoms with Crippen LogP contribution in [0.1, 0.15) is 59.9 Å². The van der Waals surface area contributed by atoms with Gasteiger partial charge in [0.25, 0.3) is 5.91 Å². The second-order valence-corrected chi connectivity index (χ2v) is 8.70. The van der Waals surface area contributed by atoms with E-state index in [1.165, 1.54) is 19.6 Å². The van der Waals surface area contributed by atoms with Gasteiger partial charge in [0.05, 0.1) is 60.5 Å². The number of anilines is 3. The van der Waals surface area contributed by atoms with E-state index >= 15 is 0 Å². The third kappa shape index (κ3) is 5.44. The zero-order chi connectivity index (χ0) is 25.3. The van der Waals surface area contributed by atoms with Gasteiger partial charge in [-0.25, -0.2) is 19.9 Å². The minimum atomic E-state index is -4.37. The van der Waals surface area contributed by atoms with Crippen molar-refractivity contribution in [3.8, 4) is 0 Å². The number of alkyl halides is 3. The Morgan fingerprint density at radius 2 is 1.89 bits per heavy atom. The lowest BCUT2D eigenvalue weighted by Gasteiger charge is -2.16. The summed E-state index contributed by atoms with van der Waals surface area (Å²) in [7, 11) is 1.42. The topological polar surface area (TPSA) is 123 Å². The van der Waals surface area contributed by atoms with Crippen LogP contribution in [-0.2, 0) is 6.54 Å². The predicted molar refractivity (Wildman–Crippen MR) is 125 cm³/mol. The Balaban J connectivity index is 1.52. The highest BCUT2D eigenvalue weighted by Gasteiger charge is 2.31. The molecule has 3 aromatic rings. The van der Waals surface area contributed by atoms with Crippen LogP contribution in [0.4, 0.5) is 30.4 Å². The summed E-state index contributed by atoms with van der Waals surface area (Å²) >= 11 is 0. The van der Waals surface area contributed by atoms with Crippen molar-refractivity contribution in [3.63, 3.8) is 0 Å². The second-order valence-electron chi connectivity index (χ2n) is 8.70. The number of aromatic nitrogens is 6. The first-order valence-electron chi connectivity index (χ1n) is 11.6. The fourth-order valence-electron chi connectivity index (χ4n) is 3.74. The molecular formula is C23H24F3N9O. The Bertz CT molecular complexity index is 1290. The van der Waals surface area contributed by atoms with E-state index in [1.54, 1.807) is 18.6 Å². The molecule has 0 aromatic carbocycles. The van der Waals surface area contributed by atoms with Crippen LogP contribution in [0.5, 0.6) is 0 Å². The van der Waals surface area contributed by atoms with Crippen LogP contribution in [0.3, 0.4) is 0 Å². The van der Waals surface area contributed by atoms with Gasteiger partial charge in [0.15, 0.2) is 5.82 Å². The molecule has 2 saturated carbocycles. The van der Waals surface area contributed by atoms with Crippen LogP contribution in [-0.4, -0.2) is 48.8 Å². The molecule has 0 bridgehead atoms. The summed E-state index contributed by atoms with van der Waals surface area (Å²) < 4.78 is 39.6. The number of nitrogens with one attached hydrogen (secondary N) is 3. The Labute approximate surface area is 204 Å². The Hall–Kier alpha value is -4.03. The number of allylic oxidation sites excluding steroid dienone is 1. The molecule has 13 heteroatoms. The smallest absolute Gasteiger partial charge is 0.354 e. The molecule has 188 valence electrons. The predicted octanol–water partition coefficient (Wildman–Crippen LogP) is 4.01. The standard InChI is InChI=1S/C23H24F3N9O/c1-27-22(36)20-17(11-31-35(20)7-6-23(24,25)26)34-18(14-4-5-14)19-21(32-15-8-28-12-29-9-15)30-10-16(33-19)13-2-3-13/h8-13,34H,2-7H2,1H3,(H,27,36)(H,30,32). The van der Waals surface area contributed by atoms with Gasteiger partial charge in [0.2, 0.25) is 0 Å². The number of nitrogens with zero attached hydrogens (tertiary/aromatic N) is 6. The summed E-state index contributed by atoms with van der Waals surface area (Å²) in [5.74, 6) is 0.277. The summed E-state index contributed by atoms with van der Waals surface area (Å²) in [5, 5.41) is 13.0. The van der Waals surface area contributed by atoms with Crippen molar-refractivity contribution in [3.05, 3.63) is 53.8 Å². The fourth-order valence-corrected chi connectivity index (χ4v) is 3.74. The van der Waals surface area contributed by atoms with Gasteiger partial charge < -0.3 is 16.0 Å². The Kier molecular flexibility index (Phi) is 6.29. The minimum absolute atomic E-state index is 0.0118. The molecule has 0 radical (unpaired) electrons. The number of halogens is 3. The van der Waals surface area contributed by atoms with E-state index in [-0.39, 0.29) is 5.69 Å². The number of rotatable bonds is 9. The van der Waals surface area contributed by atoms with E-state index in [4.69, 9.17) is 4.98 Å². The SMILES string of the molecule is CNC(=O)c1c(NC(=C2CC2)c2nc(C3CC3)cnc2Nc2cncnc2)cnn1CCC(F)(F)F. The molecule has 3 N–H and O–H groups in total. The first kappa shape index (κ1) is 23.7. The van der Waals surface area contributed by atoms with Crippen LogP contribution in [0, 0.1) is 0 Å². The maximum atomic E-state index is 12.8. The van der Waals surface area contributed by atoms with Crippen molar-refractivity contribution in [2.45, 2.75) is 50.7 Å². The summed E-state index contributed by atoms with van der Waals surface area (Å²) in [6.07, 6.45) is 6.00. The molecule has 3 heterocycles. The van der Waals surface area contributed by atoms with E-state index in [2.05, 4.69) is 36.0 Å². The van der Waals surface area contributed by atoms with Crippen molar-refractivity contribution in [2.24, 2.45) is 0 Å². The quantitative estimate of drug-likeness (QED) is 0.404. The molecule has 5 rings (SSSR count). The molecule has 0 aliphatic heterocycles. The van der Waals surface area contributed by atoms with Gasteiger partial charge >= 0.3 is 6.18 Å². The molecule has 2 aliphatic rings. The summed E-state index contributed by atoms with van der Waals surface area (Å²) in [4.78, 5) is 30.2. The lowest BCUT2D eigenvalue weighted by Crippen LogP contribution is -2.25. The maximum Gasteiger partial charge on any atom is 0.390 e. The van der Waals surface area contributed by atoms with Gasteiger partial charge in [0, 0.05) is 13.0 Å². The van der Waals surface area contributed by atoms with Crippen molar-refractivity contribution in [1.82, 2.24) is 35.0 Å².